The maximum absolute atomic E-state index is 12.6. The van der Waals surface area contributed by atoms with Crippen LogP contribution < -0.4 is 0 Å². The van der Waals surface area contributed by atoms with Crippen LogP contribution in [0.2, 0.25) is 0 Å². The van der Waals surface area contributed by atoms with E-state index in [2.05, 4.69) is 0 Å². The highest BCUT2D eigenvalue weighted by molar-refractivity contribution is 7.89. The summed E-state index contributed by atoms with van der Waals surface area (Å²) in [6.07, 6.45) is -4.41. The average Bonchev–Trinajstić information content (AvgIpc) is 2.51. The minimum absolute atomic E-state index is 0.00266. The van der Waals surface area contributed by atoms with Crippen molar-refractivity contribution in [2.45, 2.75) is 19.1 Å². The monoisotopic (exact) mass is 357 g/mol. The van der Waals surface area contributed by atoms with Gasteiger partial charge in [0.1, 0.15) is 0 Å². The lowest BCUT2D eigenvalue weighted by Crippen LogP contribution is -2.38. The van der Waals surface area contributed by atoms with E-state index in [1.54, 1.807) is 42.5 Å². The minimum atomic E-state index is -4.76. The predicted octanol–water partition coefficient (Wildman–Crippen LogP) is 3.62. The Morgan fingerprint density at radius 1 is 0.833 bits per heavy atom. The first-order valence-corrected chi connectivity index (χ1v) is 9.00. The Kier molecular flexibility index (Phi) is 6.01. The van der Waals surface area contributed by atoms with Crippen molar-refractivity contribution in [2.24, 2.45) is 0 Å². The largest absolute Gasteiger partial charge is 0.404 e. The third kappa shape index (κ3) is 5.98. The number of alkyl halides is 3. The fourth-order valence-corrected chi connectivity index (χ4v) is 3.61. The van der Waals surface area contributed by atoms with Crippen molar-refractivity contribution in [3.8, 4) is 0 Å². The molecule has 0 fully saturated rings. The van der Waals surface area contributed by atoms with Crippen molar-refractivity contribution in [2.75, 3.05) is 12.3 Å². The van der Waals surface area contributed by atoms with Crippen LogP contribution in [0.15, 0.2) is 60.7 Å². The zero-order chi connectivity index (χ0) is 17.6. The Morgan fingerprint density at radius 2 is 1.33 bits per heavy atom. The van der Waals surface area contributed by atoms with Crippen molar-refractivity contribution in [1.82, 2.24) is 4.31 Å². The van der Waals surface area contributed by atoms with Gasteiger partial charge in [0.25, 0.3) is 0 Å². The molecule has 0 aromatic heterocycles. The van der Waals surface area contributed by atoms with Crippen molar-refractivity contribution in [1.29, 1.82) is 0 Å². The van der Waals surface area contributed by atoms with Crippen LogP contribution in [0, 0.1) is 0 Å². The normalized spacial score (nSPS) is 12.5. The Bertz CT molecular complexity index is 731. The van der Waals surface area contributed by atoms with Crippen LogP contribution in [-0.4, -0.2) is 31.2 Å². The molecule has 0 atom stereocenters. The summed E-state index contributed by atoms with van der Waals surface area (Å²) in [5.41, 5.74) is 1.52. The van der Waals surface area contributed by atoms with Gasteiger partial charge < -0.3 is 0 Å². The third-order valence-corrected chi connectivity index (χ3v) is 5.22. The molecule has 0 radical (unpaired) electrons. The summed E-state index contributed by atoms with van der Waals surface area (Å²) in [5.74, 6) is -1.85. The molecule has 0 aliphatic heterocycles. The Balaban J connectivity index is 2.17. The Hall–Kier alpha value is -1.86. The van der Waals surface area contributed by atoms with Gasteiger partial charge in [0, 0.05) is 13.1 Å². The molecule has 2 aromatic rings. The zero-order valence-corrected chi connectivity index (χ0v) is 13.7. The quantitative estimate of drug-likeness (QED) is 0.759. The van der Waals surface area contributed by atoms with Gasteiger partial charge in [0.2, 0.25) is 10.0 Å². The van der Waals surface area contributed by atoms with E-state index in [1.807, 2.05) is 18.2 Å². The molecule has 7 heteroatoms. The lowest BCUT2D eigenvalue weighted by molar-refractivity contribution is -0.107. The SMILES string of the molecule is O=S(=O)(CC(F)(F)F)N(CCc1ccccc1)Cc1ccccc1. The summed E-state index contributed by atoms with van der Waals surface area (Å²) in [4.78, 5) is 0. The summed E-state index contributed by atoms with van der Waals surface area (Å²) in [5, 5.41) is 0. The molecule has 0 saturated heterocycles. The second kappa shape index (κ2) is 7.81. The van der Waals surface area contributed by atoms with E-state index in [9.17, 15) is 21.6 Å². The Labute approximate surface area is 139 Å². The number of rotatable bonds is 7. The number of benzene rings is 2. The molecule has 0 aliphatic carbocycles. The molecule has 0 saturated carbocycles. The first-order valence-electron chi connectivity index (χ1n) is 7.39. The molecule has 0 aliphatic rings. The first-order chi connectivity index (χ1) is 11.3. The van der Waals surface area contributed by atoms with Crippen LogP contribution >= 0.6 is 0 Å². The van der Waals surface area contributed by atoms with Gasteiger partial charge in [-0.1, -0.05) is 60.7 Å². The van der Waals surface area contributed by atoms with Gasteiger partial charge in [-0.2, -0.15) is 17.5 Å². The summed E-state index contributed by atoms with van der Waals surface area (Å²) < 4.78 is 63.1. The fraction of sp³-hybridized carbons (Fsp3) is 0.294. The molecule has 0 bridgehead atoms. The van der Waals surface area contributed by atoms with Gasteiger partial charge in [0.15, 0.2) is 5.75 Å². The van der Waals surface area contributed by atoms with Crippen molar-refractivity contribution >= 4 is 10.0 Å². The van der Waals surface area contributed by atoms with E-state index in [4.69, 9.17) is 0 Å². The maximum atomic E-state index is 12.6. The number of hydrogen-bond acceptors (Lipinski definition) is 2. The minimum Gasteiger partial charge on any atom is -0.212 e. The van der Waals surface area contributed by atoms with E-state index < -0.39 is 22.0 Å². The van der Waals surface area contributed by atoms with Crippen molar-refractivity contribution in [3.05, 3.63) is 71.8 Å². The summed E-state index contributed by atoms with van der Waals surface area (Å²) in [6.45, 7) is -0.0800. The highest BCUT2D eigenvalue weighted by Crippen LogP contribution is 2.21. The molecule has 0 N–H and O–H groups in total. The molecule has 2 aromatic carbocycles. The third-order valence-electron chi connectivity index (χ3n) is 3.43. The highest BCUT2D eigenvalue weighted by Gasteiger charge is 2.38. The molecule has 0 spiro atoms. The second-order valence-corrected chi connectivity index (χ2v) is 7.40. The van der Waals surface area contributed by atoms with Crippen LogP contribution in [0.1, 0.15) is 11.1 Å². The van der Waals surface area contributed by atoms with Gasteiger partial charge in [-0.3, -0.25) is 0 Å². The summed E-state index contributed by atoms with van der Waals surface area (Å²) in [7, 11) is -4.44. The molecule has 3 nitrogen and oxygen atoms in total. The topological polar surface area (TPSA) is 37.4 Å². The molecule has 130 valence electrons. The van der Waals surface area contributed by atoms with Crippen LogP contribution in [0.3, 0.4) is 0 Å². The summed E-state index contributed by atoms with van der Waals surface area (Å²) >= 11 is 0. The number of halogens is 3. The van der Waals surface area contributed by atoms with Gasteiger partial charge >= 0.3 is 6.18 Å². The van der Waals surface area contributed by atoms with Gasteiger partial charge in [-0.15, -0.1) is 0 Å². The van der Waals surface area contributed by atoms with Crippen molar-refractivity contribution < 1.29 is 21.6 Å². The molecule has 0 heterocycles. The average molecular weight is 357 g/mol. The maximum Gasteiger partial charge on any atom is 0.404 e. The Morgan fingerprint density at radius 3 is 1.83 bits per heavy atom. The van der Waals surface area contributed by atoms with E-state index >= 15 is 0 Å². The lowest BCUT2D eigenvalue weighted by atomic mass is 10.1. The van der Waals surface area contributed by atoms with Crippen LogP contribution in [0.5, 0.6) is 0 Å². The van der Waals surface area contributed by atoms with E-state index in [0.29, 0.717) is 12.0 Å². The van der Waals surface area contributed by atoms with Crippen LogP contribution in [0.25, 0.3) is 0 Å². The zero-order valence-electron chi connectivity index (χ0n) is 12.9. The number of nitrogens with zero attached hydrogens (tertiary/aromatic N) is 1. The lowest BCUT2D eigenvalue weighted by Gasteiger charge is -2.23. The van der Waals surface area contributed by atoms with E-state index in [0.717, 1.165) is 9.87 Å². The molecular weight excluding hydrogens is 339 g/mol. The van der Waals surface area contributed by atoms with Gasteiger partial charge in [-0.05, 0) is 17.5 Å². The highest BCUT2D eigenvalue weighted by atomic mass is 32.2. The van der Waals surface area contributed by atoms with Crippen molar-refractivity contribution in [3.63, 3.8) is 0 Å². The first kappa shape index (κ1) is 18.5. The van der Waals surface area contributed by atoms with Gasteiger partial charge in [-0.25, -0.2) is 8.42 Å². The molecule has 0 unspecified atom stereocenters. The van der Waals surface area contributed by atoms with Gasteiger partial charge in [0.05, 0.1) is 0 Å². The molecule has 24 heavy (non-hydrogen) atoms. The van der Waals surface area contributed by atoms with Crippen LogP contribution in [0.4, 0.5) is 13.2 Å². The smallest absolute Gasteiger partial charge is 0.212 e. The molecular formula is C17H18F3NO2S. The number of sulfonamides is 1. The summed E-state index contributed by atoms with van der Waals surface area (Å²) in [6, 6.07) is 17.7. The molecule has 2 rings (SSSR count). The number of hydrogen-bond donors (Lipinski definition) is 0. The van der Waals surface area contributed by atoms with Crippen LogP contribution in [-0.2, 0) is 23.0 Å². The standard InChI is InChI=1S/C17H18F3NO2S/c18-17(19,20)14-24(22,23)21(13-16-9-5-2-6-10-16)12-11-15-7-3-1-4-8-15/h1-10H,11-14H2. The second-order valence-electron chi connectivity index (χ2n) is 5.43. The predicted molar refractivity (Wildman–Crippen MR) is 86.8 cm³/mol. The van der Waals surface area contributed by atoms with E-state index in [-0.39, 0.29) is 13.1 Å². The fourth-order valence-electron chi connectivity index (χ4n) is 2.30. The van der Waals surface area contributed by atoms with E-state index in [1.165, 1.54) is 0 Å². The molecule has 0 amide bonds.